The van der Waals surface area contributed by atoms with Crippen LogP contribution in [0.2, 0.25) is 0 Å². The van der Waals surface area contributed by atoms with Gasteiger partial charge in [0, 0.05) is 18.8 Å². The summed E-state index contributed by atoms with van der Waals surface area (Å²) >= 11 is 0. The summed E-state index contributed by atoms with van der Waals surface area (Å²) in [5.41, 5.74) is 1.01. The fourth-order valence-electron chi connectivity index (χ4n) is 4.70. The average Bonchev–Trinajstić information content (AvgIpc) is 2.80. The lowest BCUT2D eigenvalue weighted by atomic mass is 9.71. The van der Waals surface area contributed by atoms with Crippen molar-refractivity contribution in [2.75, 3.05) is 13.2 Å². The Kier molecular flexibility index (Phi) is 9.14. The van der Waals surface area contributed by atoms with Crippen LogP contribution < -0.4 is 4.74 Å². The summed E-state index contributed by atoms with van der Waals surface area (Å²) in [7, 11) is 0. The number of ether oxygens (including phenoxy) is 4. The van der Waals surface area contributed by atoms with Crippen molar-refractivity contribution < 1.29 is 42.9 Å². The van der Waals surface area contributed by atoms with Crippen molar-refractivity contribution >= 4 is 29.3 Å². The van der Waals surface area contributed by atoms with Gasteiger partial charge in [-0.05, 0) is 57.7 Å². The topological polar surface area (TPSA) is 122 Å². The van der Waals surface area contributed by atoms with Gasteiger partial charge in [-0.15, -0.1) is 0 Å². The van der Waals surface area contributed by atoms with Crippen LogP contribution in [0, 0.1) is 17.8 Å². The first-order chi connectivity index (χ1) is 16.7. The van der Waals surface area contributed by atoms with Crippen molar-refractivity contribution in [1.82, 2.24) is 0 Å². The van der Waals surface area contributed by atoms with Gasteiger partial charge in [-0.2, -0.15) is 0 Å². The zero-order valence-electron chi connectivity index (χ0n) is 20.3. The lowest BCUT2D eigenvalue weighted by molar-refractivity contribution is -0.225. The average molecular weight is 489 g/mol. The minimum Gasteiger partial charge on any atom is -0.466 e. The van der Waals surface area contributed by atoms with Gasteiger partial charge in [0.25, 0.3) is 0 Å². The van der Waals surface area contributed by atoms with Gasteiger partial charge >= 0.3 is 11.9 Å². The molecule has 3 heterocycles. The fraction of sp³-hybridized carbons (Fsp3) is 0.577. The minimum absolute atomic E-state index is 0.0115. The van der Waals surface area contributed by atoms with Crippen LogP contribution >= 0.6 is 0 Å². The predicted octanol–water partition coefficient (Wildman–Crippen LogP) is 2.61. The quantitative estimate of drug-likeness (QED) is 0.591. The van der Waals surface area contributed by atoms with Gasteiger partial charge in [0.15, 0.2) is 0 Å². The van der Waals surface area contributed by atoms with Gasteiger partial charge < -0.3 is 18.9 Å². The molecule has 9 heteroatoms. The van der Waals surface area contributed by atoms with Gasteiger partial charge in [0.2, 0.25) is 6.29 Å². The molecule has 0 aliphatic carbocycles. The van der Waals surface area contributed by atoms with Crippen molar-refractivity contribution in [3.8, 4) is 5.75 Å². The van der Waals surface area contributed by atoms with Crippen LogP contribution in [0.5, 0.6) is 5.75 Å². The zero-order chi connectivity index (χ0) is 25.5. The molecule has 0 aromatic heterocycles. The second-order valence-corrected chi connectivity index (χ2v) is 9.07. The summed E-state index contributed by atoms with van der Waals surface area (Å²) in [5, 5.41) is 0. The third-order valence-electron chi connectivity index (χ3n) is 6.40. The third-order valence-corrected chi connectivity index (χ3v) is 6.40. The van der Waals surface area contributed by atoms with E-state index in [0.29, 0.717) is 18.6 Å². The van der Waals surface area contributed by atoms with E-state index in [9.17, 15) is 24.0 Å². The van der Waals surface area contributed by atoms with Crippen molar-refractivity contribution in [3.63, 3.8) is 0 Å². The van der Waals surface area contributed by atoms with Crippen LogP contribution in [0.25, 0.3) is 0 Å². The molecule has 1 aromatic rings. The van der Waals surface area contributed by atoms with Crippen LogP contribution in [0.15, 0.2) is 24.3 Å². The molecular formula is C26H32O9. The number of carbonyl (C=O) groups is 5. The first-order valence-electron chi connectivity index (χ1n) is 11.9. The van der Waals surface area contributed by atoms with E-state index in [0.717, 1.165) is 5.56 Å². The molecule has 2 unspecified atom stereocenters. The summed E-state index contributed by atoms with van der Waals surface area (Å²) in [4.78, 5) is 62.0. The predicted molar refractivity (Wildman–Crippen MR) is 122 cm³/mol. The fourth-order valence-corrected chi connectivity index (χ4v) is 4.70. The monoisotopic (exact) mass is 488 g/mol. The first kappa shape index (κ1) is 26.5. The molecule has 3 aliphatic heterocycles. The van der Waals surface area contributed by atoms with Crippen molar-refractivity contribution in [2.45, 2.75) is 65.3 Å². The maximum absolute atomic E-state index is 12.7. The SMILES string of the molecule is CC(=O)[C@H]1[C@H](C(C)=O)C2COC(=O)CCCC(=O)OCCCc3ccc(cc3)OC(O2)[C@@H]1C(C)=O. The molecule has 0 N–H and O–H groups in total. The highest BCUT2D eigenvalue weighted by molar-refractivity contribution is 5.93. The second-order valence-electron chi connectivity index (χ2n) is 9.07. The number of fused-ring (bicyclic) bond motifs is 12. The summed E-state index contributed by atoms with van der Waals surface area (Å²) < 4.78 is 22.6. The molecule has 0 spiro atoms. The third kappa shape index (κ3) is 6.97. The highest BCUT2D eigenvalue weighted by Crippen LogP contribution is 2.39. The van der Waals surface area contributed by atoms with Crippen LogP contribution in [-0.4, -0.2) is 54.9 Å². The molecule has 35 heavy (non-hydrogen) atoms. The van der Waals surface area contributed by atoms with Crippen LogP contribution in [0.4, 0.5) is 0 Å². The van der Waals surface area contributed by atoms with Crippen LogP contribution in [0.1, 0.15) is 52.0 Å². The number of hydrogen-bond donors (Lipinski definition) is 0. The van der Waals surface area contributed by atoms with E-state index in [2.05, 4.69) is 0 Å². The zero-order valence-corrected chi connectivity index (χ0v) is 20.3. The standard InChI is InChI=1S/C26H32O9/c1-15(27)23-20-14-33-22(31)8-4-7-21(30)32-13-5-6-18-9-11-19(12-10-18)34-26(35-20)25(17(3)29)24(23)16(2)28/h9-12,20,23-26H,4-8,13-14H2,1-3H3/t20?,23-,24+,25-,26?/m1/s1. The molecule has 190 valence electrons. The summed E-state index contributed by atoms with van der Waals surface area (Å²) in [6.45, 7) is 3.98. The van der Waals surface area contributed by atoms with Crippen molar-refractivity contribution in [2.24, 2.45) is 17.8 Å². The number of Topliss-reactive ketones (excluding diaryl/α,β-unsaturated/α-hetero) is 3. The molecule has 0 radical (unpaired) electrons. The Labute approximate surface area is 204 Å². The first-order valence-corrected chi connectivity index (χ1v) is 11.9. The Bertz CT molecular complexity index is 952. The van der Waals surface area contributed by atoms with E-state index in [1.807, 2.05) is 12.1 Å². The number of carbonyl (C=O) groups excluding carboxylic acids is 5. The van der Waals surface area contributed by atoms with E-state index in [1.165, 1.54) is 20.8 Å². The van der Waals surface area contributed by atoms with Crippen LogP contribution in [0.3, 0.4) is 0 Å². The molecule has 1 aromatic carbocycles. The Balaban J connectivity index is 1.92. The number of rotatable bonds is 3. The normalized spacial score (nSPS) is 28.4. The highest BCUT2D eigenvalue weighted by atomic mass is 16.7. The van der Waals surface area contributed by atoms with E-state index in [-0.39, 0.29) is 55.8 Å². The van der Waals surface area contributed by atoms with Crippen LogP contribution in [-0.2, 0) is 44.6 Å². The summed E-state index contributed by atoms with van der Waals surface area (Å²) in [6, 6.07) is 7.17. The van der Waals surface area contributed by atoms with Gasteiger partial charge in [-0.1, -0.05) is 12.1 Å². The molecule has 3 aliphatic rings. The molecule has 0 saturated carbocycles. The van der Waals surface area contributed by atoms with Gasteiger partial charge in [0.05, 0.1) is 18.4 Å². The molecule has 4 rings (SSSR count). The summed E-state index contributed by atoms with van der Waals surface area (Å²) in [5.74, 6) is -4.49. The smallest absolute Gasteiger partial charge is 0.305 e. The number of aryl methyl sites for hydroxylation is 1. The van der Waals surface area contributed by atoms with E-state index < -0.39 is 36.1 Å². The molecule has 9 nitrogen and oxygen atoms in total. The molecule has 1 fully saturated rings. The highest BCUT2D eigenvalue weighted by Gasteiger charge is 2.53. The van der Waals surface area contributed by atoms with Gasteiger partial charge in [-0.3, -0.25) is 24.0 Å². The van der Waals surface area contributed by atoms with Crippen molar-refractivity contribution in [3.05, 3.63) is 29.8 Å². The number of hydrogen-bond acceptors (Lipinski definition) is 9. The molecular weight excluding hydrogens is 456 g/mol. The summed E-state index contributed by atoms with van der Waals surface area (Å²) in [6.07, 6.45) is -0.456. The Morgan fingerprint density at radius 1 is 0.743 bits per heavy atom. The molecule has 0 amide bonds. The Morgan fingerprint density at radius 3 is 1.94 bits per heavy atom. The minimum atomic E-state index is -1.14. The molecule has 1 saturated heterocycles. The molecule has 4 bridgehead atoms. The molecule has 5 atom stereocenters. The lowest BCUT2D eigenvalue weighted by Gasteiger charge is -2.43. The maximum Gasteiger partial charge on any atom is 0.305 e. The number of ketones is 3. The largest absolute Gasteiger partial charge is 0.466 e. The van der Waals surface area contributed by atoms with E-state index >= 15 is 0 Å². The number of benzene rings is 1. The Morgan fingerprint density at radius 2 is 1.34 bits per heavy atom. The Hall–Kier alpha value is -3.07. The van der Waals surface area contributed by atoms with Crippen molar-refractivity contribution in [1.29, 1.82) is 0 Å². The van der Waals surface area contributed by atoms with Gasteiger partial charge in [0.1, 0.15) is 35.8 Å². The lowest BCUT2D eigenvalue weighted by Crippen LogP contribution is -2.57. The maximum atomic E-state index is 12.7. The van der Waals surface area contributed by atoms with E-state index in [4.69, 9.17) is 18.9 Å². The second kappa shape index (κ2) is 12.1. The number of esters is 2. The van der Waals surface area contributed by atoms with E-state index in [1.54, 1.807) is 12.1 Å². The van der Waals surface area contributed by atoms with Gasteiger partial charge in [-0.25, -0.2) is 0 Å².